The maximum atomic E-state index is 12.6. The van der Waals surface area contributed by atoms with Crippen molar-refractivity contribution in [2.45, 2.75) is 245 Å². The maximum Gasteiger partial charge on any atom is 0.306 e. The fourth-order valence-corrected chi connectivity index (χ4v) is 8.38. The van der Waals surface area contributed by atoms with Crippen molar-refractivity contribution in [1.29, 1.82) is 0 Å². The fraction of sp³-hybridized carbons (Fsp3) is 0.959. The van der Waals surface area contributed by atoms with Crippen LogP contribution in [0, 0.1) is 11.8 Å². The molecule has 1 rings (SSSR count). The number of unbranched alkanes of at least 4 members (excludes halogenated alkanes) is 18. The Labute approximate surface area is 353 Å². The lowest BCUT2D eigenvalue weighted by atomic mass is 9.92. The average molecular weight is 809 g/mol. The molecule has 1 atom stereocenters. The molecule has 1 aliphatic rings. The van der Waals surface area contributed by atoms with E-state index in [1.54, 1.807) is 0 Å². The van der Waals surface area contributed by atoms with Gasteiger partial charge in [0.1, 0.15) is 0 Å². The first-order chi connectivity index (χ1) is 27.9. The summed E-state index contributed by atoms with van der Waals surface area (Å²) in [6.07, 6.45) is 36.3. The molecule has 0 radical (unpaired) electrons. The molecule has 0 amide bonds. The van der Waals surface area contributed by atoms with Crippen molar-refractivity contribution in [2.24, 2.45) is 11.8 Å². The number of hydrogen-bond donors (Lipinski definition) is 2. The van der Waals surface area contributed by atoms with Gasteiger partial charge in [0.2, 0.25) is 0 Å². The second-order valence-corrected chi connectivity index (χ2v) is 17.6. The van der Waals surface area contributed by atoms with E-state index in [0.29, 0.717) is 44.5 Å². The van der Waals surface area contributed by atoms with E-state index in [9.17, 15) is 9.59 Å². The predicted molar refractivity (Wildman–Crippen MR) is 240 cm³/mol. The third-order valence-corrected chi connectivity index (χ3v) is 12.0. The van der Waals surface area contributed by atoms with E-state index in [-0.39, 0.29) is 18.0 Å². The van der Waals surface area contributed by atoms with Crippen molar-refractivity contribution in [3.05, 3.63) is 0 Å². The molecule has 1 heterocycles. The summed E-state index contributed by atoms with van der Waals surface area (Å²) in [5.41, 5.74) is 0. The van der Waals surface area contributed by atoms with Crippen LogP contribution < -0.4 is 10.6 Å². The van der Waals surface area contributed by atoms with Crippen LogP contribution in [-0.4, -0.2) is 70.3 Å². The van der Waals surface area contributed by atoms with Crippen LogP contribution in [0.4, 0.5) is 0 Å². The Hall–Kier alpha value is -1.22. The molecule has 0 bridgehead atoms. The minimum atomic E-state index is -0.451. The lowest BCUT2D eigenvalue weighted by molar-refractivity contribution is -0.179. The predicted octanol–water partition coefficient (Wildman–Crippen LogP) is 12.8. The topological polar surface area (TPSA) is 95.1 Å². The summed E-state index contributed by atoms with van der Waals surface area (Å²) in [4.78, 5) is 25.1. The molecule has 8 heteroatoms. The van der Waals surface area contributed by atoms with E-state index in [0.717, 1.165) is 71.0 Å². The van der Waals surface area contributed by atoms with Gasteiger partial charge in [0.25, 0.3) is 0 Å². The normalized spacial score (nSPS) is 15.2. The Bertz CT molecular complexity index is 827. The van der Waals surface area contributed by atoms with Gasteiger partial charge >= 0.3 is 11.9 Å². The van der Waals surface area contributed by atoms with Crippen LogP contribution in [0.5, 0.6) is 0 Å². The molecule has 57 heavy (non-hydrogen) atoms. The summed E-state index contributed by atoms with van der Waals surface area (Å²) >= 11 is 0. The van der Waals surface area contributed by atoms with E-state index in [1.807, 2.05) is 7.05 Å². The zero-order chi connectivity index (χ0) is 41.5. The van der Waals surface area contributed by atoms with Gasteiger partial charge in [-0.15, -0.1) is 0 Å². The standard InChI is InChI=1S/C49H96N2O6/c1-6-10-22-30-44(31-23-11-7-2)40-47(52)54-38-28-20-16-14-18-26-34-49(56-43-46(57-49)42-51-37-36-50-5)35-27-19-15-17-21-29-39-55-48(53)41-45(32-24-12-8-3)33-25-13-9-4/h44-46,50-51H,6-43H2,1-5H3. The van der Waals surface area contributed by atoms with Gasteiger partial charge in [0.05, 0.1) is 25.9 Å². The number of carbonyl (C=O) groups is 2. The summed E-state index contributed by atoms with van der Waals surface area (Å²) < 4.78 is 24.5. The van der Waals surface area contributed by atoms with Crippen molar-refractivity contribution in [3.63, 3.8) is 0 Å². The minimum Gasteiger partial charge on any atom is -0.466 e. The van der Waals surface area contributed by atoms with Gasteiger partial charge in [0.15, 0.2) is 5.79 Å². The van der Waals surface area contributed by atoms with E-state index in [2.05, 4.69) is 38.3 Å². The molecular formula is C49H96N2O6. The number of ether oxygens (including phenoxy) is 4. The van der Waals surface area contributed by atoms with Gasteiger partial charge in [-0.3, -0.25) is 9.59 Å². The van der Waals surface area contributed by atoms with E-state index in [1.165, 1.54) is 141 Å². The molecule has 1 saturated heterocycles. The molecule has 0 aromatic carbocycles. The molecule has 0 saturated carbocycles. The summed E-state index contributed by atoms with van der Waals surface area (Å²) in [5.74, 6) is 0.562. The first-order valence-electron chi connectivity index (χ1n) is 24.9. The number of esters is 2. The van der Waals surface area contributed by atoms with Crippen LogP contribution >= 0.6 is 0 Å². The first-order valence-corrected chi connectivity index (χ1v) is 24.9. The Morgan fingerprint density at radius 2 is 0.965 bits per heavy atom. The minimum absolute atomic E-state index is 0.0118. The van der Waals surface area contributed by atoms with Crippen molar-refractivity contribution in [2.75, 3.05) is 46.5 Å². The van der Waals surface area contributed by atoms with Crippen LogP contribution in [0.25, 0.3) is 0 Å². The molecule has 0 aromatic rings. The summed E-state index contributed by atoms with van der Waals surface area (Å²) in [5, 5.41) is 6.71. The molecule has 1 fully saturated rings. The van der Waals surface area contributed by atoms with Gasteiger partial charge in [0, 0.05) is 45.3 Å². The Morgan fingerprint density at radius 1 is 0.561 bits per heavy atom. The van der Waals surface area contributed by atoms with Crippen molar-refractivity contribution >= 4 is 11.9 Å². The third kappa shape index (κ3) is 31.3. The fourth-order valence-electron chi connectivity index (χ4n) is 8.38. The largest absolute Gasteiger partial charge is 0.466 e. The lowest BCUT2D eigenvalue weighted by Crippen LogP contribution is -2.36. The van der Waals surface area contributed by atoms with E-state index in [4.69, 9.17) is 18.9 Å². The zero-order valence-corrected chi connectivity index (χ0v) is 38.6. The quantitative estimate of drug-likeness (QED) is 0.0464. The average Bonchev–Trinajstić information content (AvgIpc) is 3.61. The molecular weight excluding hydrogens is 713 g/mol. The van der Waals surface area contributed by atoms with E-state index < -0.39 is 5.79 Å². The smallest absolute Gasteiger partial charge is 0.306 e. The number of carbonyl (C=O) groups excluding carboxylic acids is 2. The highest BCUT2D eigenvalue weighted by molar-refractivity contribution is 5.70. The van der Waals surface area contributed by atoms with E-state index >= 15 is 0 Å². The molecule has 0 spiro atoms. The monoisotopic (exact) mass is 809 g/mol. The Morgan fingerprint density at radius 3 is 1.37 bits per heavy atom. The second kappa shape index (κ2) is 38.9. The lowest BCUT2D eigenvalue weighted by Gasteiger charge is -2.28. The Kier molecular flexibility index (Phi) is 36.8. The summed E-state index contributed by atoms with van der Waals surface area (Å²) in [6.45, 7) is 13.5. The van der Waals surface area contributed by atoms with Gasteiger partial charge in [-0.2, -0.15) is 0 Å². The summed E-state index contributed by atoms with van der Waals surface area (Å²) in [7, 11) is 1.98. The van der Waals surface area contributed by atoms with Crippen LogP contribution in [-0.2, 0) is 28.5 Å². The highest BCUT2D eigenvalue weighted by Gasteiger charge is 2.40. The summed E-state index contributed by atoms with van der Waals surface area (Å²) in [6, 6.07) is 0. The molecule has 8 nitrogen and oxygen atoms in total. The molecule has 0 aromatic heterocycles. The molecule has 2 N–H and O–H groups in total. The molecule has 1 unspecified atom stereocenters. The van der Waals surface area contributed by atoms with Crippen molar-refractivity contribution < 1.29 is 28.5 Å². The highest BCUT2D eigenvalue weighted by atomic mass is 16.7. The van der Waals surface area contributed by atoms with Crippen LogP contribution in [0.1, 0.15) is 233 Å². The first kappa shape index (κ1) is 53.8. The Balaban J connectivity index is 2.31. The van der Waals surface area contributed by atoms with Crippen molar-refractivity contribution in [3.8, 4) is 0 Å². The molecule has 1 aliphatic heterocycles. The second-order valence-electron chi connectivity index (χ2n) is 17.6. The van der Waals surface area contributed by atoms with Crippen LogP contribution in [0.15, 0.2) is 0 Å². The molecule has 0 aliphatic carbocycles. The van der Waals surface area contributed by atoms with Gasteiger partial charge in [-0.1, -0.05) is 156 Å². The van der Waals surface area contributed by atoms with Crippen molar-refractivity contribution in [1.82, 2.24) is 10.6 Å². The number of likely N-dealkylation sites (N-methyl/N-ethyl adjacent to an activating group) is 1. The zero-order valence-electron chi connectivity index (χ0n) is 38.6. The van der Waals surface area contributed by atoms with Crippen LogP contribution in [0.3, 0.4) is 0 Å². The number of hydrogen-bond acceptors (Lipinski definition) is 8. The van der Waals surface area contributed by atoms with Crippen LogP contribution in [0.2, 0.25) is 0 Å². The maximum absolute atomic E-state index is 12.6. The van der Waals surface area contributed by atoms with Gasteiger partial charge in [-0.05, 0) is 70.3 Å². The van der Waals surface area contributed by atoms with Gasteiger partial charge < -0.3 is 29.6 Å². The number of nitrogens with one attached hydrogen (secondary N) is 2. The molecule has 338 valence electrons. The third-order valence-electron chi connectivity index (χ3n) is 12.0. The highest BCUT2D eigenvalue weighted by Crippen LogP contribution is 2.35. The SMILES string of the molecule is CCCCCC(CCCCC)CC(=O)OCCCCCCCCC1(CCCCCCCCOC(=O)CC(CCCCC)CCCCC)OCC(CNCCNC)O1. The van der Waals surface area contributed by atoms with Gasteiger partial charge in [-0.25, -0.2) is 0 Å². The number of rotatable bonds is 43.